The first-order valence-electron chi connectivity index (χ1n) is 8.57. The molecule has 0 atom stereocenters. The Morgan fingerprint density at radius 3 is 2.57 bits per heavy atom. The zero-order valence-electron chi connectivity index (χ0n) is 14.2. The summed E-state index contributed by atoms with van der Waals surface area (Å²) in [6.45, 7) is 10.5. The van der Waals surface area contributed by atoms with Gasteiger partial charge in [-0.2, -0.15) is 0 Å². The highest BCUT2D eigenvalue weighted by Crippen LogP contribution is 2.10. The van der Waals surface area contributed by atoms with Gasteiger partial charge >= 0.3 is 0 Å². The number of aliphatic imine (C=N–C) groups is 1. The van der Waals surface area contributed by atoms with Gasteiger partial charge in [0.2, 0.25) is 0 Å². The smallest absolute Gasteiger partial charge is 0.191 e. The van der Waals surface area contributed by atoms with Crippen molar-refractivity contribution in [2.24, 2.45) is 4.99 Å². The Labute approximate surface area is 130 Å². The van der Waals surface area contributed by atoms with Crippen LogP contribution in [0.2, 0.25) is 0 Å². The molecule has 1 rings (SSSR count). The van der Waals surface area contributed by atoms with Gasteiger partial charge in [-0.05, 0) is 32.2 Å². The van der Waals surface area contributed by atoms with Gasteiger partial charge in [0.1, 0.15) is 0 Å². The Bertz CT molecular complexity index is 275. The minimum Gasteiger partial charge on any atom is -0.380 e. The van der Waals surface area contributed by atoms with E-state index in [1.165, 1.54) is 45.3 Å². The Morgan fingerprint density at radius 1 is 1.19 bits per heavy atom. The van der Waals surface area contributed by atoms with Crippen molar-refractivity contribution >= 4 is 5.96 Å². The van der Waals surface area contributed by atoms with Crippen molar-refractivity contribution in [3.05, 3.63) is 0 Å². The molecule has 0 radical (unpaired) electrons. The van der Waals surface area contributed by atoms with E-state index >= 15 is 0 Å². The highest BCUT2D eigenvalue weighted by molar-refractivity contribution is 5.79. The molecular formula is C16H34N4O. The minimum absolute atomic E-state index is 0.547. The van der Waals surface area contributed by atoms with Crippen molar-refractivity contribution in [3.63, 3.8) is 0 Å². The number of rotatable bonds is 9. The van der Waals surface area contributed by atoms with Crippen LogP contribution >= 0.6 is 0 Å². The van der Waals surface area contributed by atoms with Crippen molar-refractivity contribution in [1.82, 2.24) is 15.5 Å². The number of ether oxygens (including phenoxy) is 1. The predicted octanol–water partition coefficient (Wildman–Crippen LogP) is 1.84. The van der Waals surface area contributed by atoms with Crippen molar-refractivity contribution < 1.29 is 4.74 Å². The van der Waals surface area contributed by atoms with Crippen molar-refractivity contribution in [3.8, 4) is 0 Å². The normalized spacial score (nSPS) is 18.0. The number of nitrogens with zero attached hydrogens (tertiary/aromatic N) is 2. The fourth-order valence-corrected chi connectivity index (χ4v) is 2.60. The van der Waals surface area contributed by atoms with Crippen LogP contribution < -0.4 is 10.6 Å². The molecule has 0 aromatic rings. The van der Waals surface area contributed by atoms with Crippen molar-refractivity contribution in [1.29, 1.82) is 0 Å². The summed E-state index contributed by atoms with van der Waals surface area (Å²) in [7, 11) is 1.83. The third-order valence-corrected chi connectivity index (χ3v) is 3.87. The van der Waals surface area contributed by atoms with Gasteiger partial charge in [0, 0.05) is 39.3 Å². The highest BCUT2D eigenvalue weighted by Gasteiger charge is 2.18. The SMILES string of the molecule is CCCCOCCNC(=NC)NC1CCN(CCC)CC1. The fraction of sp³-hybridized carbons (Fsp3) is 0.938. The topological polar surface area (TPSA) is 48.9 Å². The molecule has 5 heteroatoms. The second-order valence-electron chi connectivity index (χ2n) is 5.73. The number of likely N-dealkylation sites (tertiary alicyclic amines) is 1. The molecule has 0 saturated carbocycles. The summed E-state index contributed by atoms with van der Waals surface area (Å²) in [4.78, 5) is 6.85. The molecule has 2 N–H and O–H groups in total. The summed E-state index contributed by atoms with van der Waals surface area (Å²) in [5, 5.41) is 6.86. The van der Waals surface area contributed by atoms with Crippen LogP contribution in [-0.2, 0) is 4.74 Å². The summed E-state index contributed by atoms with van der Waals surface area (Å²) in [5.41, 5.74) is 0. The average Bonchev–Trinajstić information content (AvgIpc) is 2.51. The molecule has 0 aromatic heterocycles. The van der Waals surface area contributed by atoms with Crippen LogP contribution in [0.25, 0.3) is 0 Å². The maximum Gasteiger partial charge on any atom is 0.191 e. The van der Waals surface area contributed by atoms with E-state index in [1.54, 1.807) is 0 Å². The number of hydrogen-bond donors (Lipinski definition) is 2. The Morgan fingerprint density at radius 2 is 1.95 bits per heavy atom. The molecule has 5 nitrogen and oxygen atoms in total. The van der Waals surface area contributed by atoms with E-state index in [1.807, 2.05) is 7.05 Å². The zero-order valence-corrected chi connectivity index (χ0v) is 14.2. The average molecular weight is 298 g/mol. The summed E-state index contributed by atoms with van der Waals surface area (Å²) in [6, 6.07) is 0.547. The number of nitrogens with one attached hydrogen (secondary N) is 2. The third-order valence-electron chi connectivity index (χ3n) is 3.87. The Kier molecular flexibility index (Phi) is 10.3. The molecule has 0 spiro atoms. The standard InChI is InChI=1S/C16H34N4O/c1-4-6-13-21-14-9-18-16(17-3)19-15-7-11-20(10-5-2)12-8-15/h15H,4-14H2,1-3H3,(H2,17,18,19). The maximum atomic E-state index is 5.55. The zero-order chi connectivity index (χ0) is 15.3. The molecule has 1 aliphatic heterocycles. The van der Waals surface area contributed by atoms with Gasteiger partial charge in [0.05, 0.1) is 6.61 Å². The van der Waals surface area contributed by atoms with Gasteiger partial charge in [-0.15, -0.1) is 0 Å². The van der Waals surface area contributed by atoms with E-state index in [-0.39, 0.29) is 0 Å². The minimum atomic E-state index is 0.547. The van der Waals surface area contributed by atoms with E-state index in [0.29, 0.717) is 6.04 Å². The van der Waals surface area contributed by atoms with Gasteiger partial charge in [0.25, 0.3) is 0 Å². The molecule has 1 heterocycles. The van der Waals surface area contributed by atoms with E-state index in [0.717, 1.165) is 32.1 Å². The molecule has 1 saturated heterocycles. The van der Waals surface area contributed by atoms with Crippen LogP contribution in [0, 0.1) is 0 Å². The van der Waals surface area contributed by atoms with E-state index < -0.39 is 0 Å². The third kappa shape index (κ3) is 8.27. The molecule has 1 fully saturated rings. The monoisotopic (exact) mass is 298 g/mol. The molecule has 21 heavy (non-hydrogen) atoms. The summed E-state index contributed by atoms with van der Waals surface area (Å²) in [5.74, 6) is 0.906. The lowest BCUT2D eigenvalue weighted by Gasteiger charge is -2.32. The molecular weight excluding hydrogens is 264 g/mol. The molecule has 1 aliphatic rings. The fourth-order valence-electron chi connectivity index (χ4n) is 2.60. The van der Waals surface area contributed by atoms with E-state index in [2.05, 4.69) is 34.4 Å². The van der Waals surface area contributed by atoms with Crippen molar-refractivity contribution in [2.45, 2.75) is 52.0 Å². The predicted molar refractivity (Wildman–Crippen MR) is 90.0 cm³/mol. The summed E-state index contributed by atoms with van der Waals surface area (Å²) >= 11 is 0. The molecule has 124 valence electrons. The lowest BCUT2D eigenvalue weighted by molar-refractivity contribution is 0.135. The van der Waals surface area contributed by atoms with Crippen LogP contribution in [0.3, 0.4) is 0 Å². The number of guanidine groups is 1. The maximum absolute atomic E-state index is 5.55. The molecule has 0 bridgehead atoms. The summed E-state index contributed by atoms with van der Waals surface area (Å²) < 4.78 is 5.55. The first-order valence-corrected chi connectivity index (χ1v) is 8.57. The largest absolute Gasteiger partial charge is 0.380 e. The van der Waals surface area contributed by atoms with Gasteiger partial charge < -0.3 is 20.3 Å². The van der Waals surface area contributed by atoms with Crippen LogP contribution in [-0.4, -0.2) is 63.3 Å². The van der Waals surface area contributed by atoms with Crippen LogP contribution in [0.4, 0.5) is 0 Å². The number of unbranched alkanes of at least 4 members (excludes halogenated alkanes) is 1. The molecule has 0 amide bonds. The molecule has 0 aromatic carbocycles. The van der Waals surface area contributed by atoms with E-state index in [9.17, 15) is 0 Å². The highest BCUT2D eigenvalue weighted by atomic mass is 16.5. The molecule has 0 unspecified atom stereocenters. The van der Waals surface area contributed by atoms with Crippen LogP contribution in [0.5, 0.6) is 0 Å². The second kappa shape index (κ2) is 11.8. The van der Waals surface area contributed by atoms with Gasteiger partial charge in [-0.25, -0.2) is 0 Å². The van der Waals surface area contributed by atoms with E-state index in [4.69, 9.17) is 4.74 Å². The Hall–Kier alpha value is -0.810. The van der Waals surface area contributed by atoms with Gasteiger partial charge in [-0.1, -0.05) is 20.3 Å². The molecule has 0 aliphatic carbocycles. The second-order valence-corrected chi connectivity index (χ2v) is 5.73. The number of piperidine rings is 1. The first kappa shape index (κ1) is 18.2. The van der Waals surface area contributed by atoms with Gasteiger partial charge in [-0.3, -0.25) is 4.99 Å². The first-order chi connectivity index (χ1) is 10.3. The van der Waals surface area contributed by atoms with Crippen LogP contribution in [0.15, 0.2) is 4.99 Å². The van der Waals surface area contributed by atoms with Gasteiger partial charge in [0.15, 0.2) is 5.96 Å². The van der Waals surface area contributed by atoms with Crippen molar-refractivity contribution in [2.75, 3.05) is 46.4 Å². The number of hydrogen-bond acceptors (Lipinski definition) is 3. The Balaban J connectivity index is 2.11. The quantitative estimate of drug-likeness (QED) is 0.387. The van der Waals surface area contributed by atoms with Crippen LogP contribution in [0.1, 0.15) is 46.0 Å². The summed E-state index contributed by atoms with van der Waals surface area (Å²) in [6.07, 6.45) is 5.98. The lowest BCUT2D eigenvalue weighted by Crippen LogP contribution is -2.49. The lowest BCUT2D eigenvalue weighted by atomic mass is 10.1.